The fraction of sp³-hybridized carbons (Fsp3) is 0.286. The quantitative estimate of drug-likeness (QED) is 0.722. The van der Waals surface area contributed by atoms with Crippen LogP contribution in [0, 0.1) is 5.92 Å². The average Bonchev–Trinajstić information content (AvgIpc) is 2.81. The van der Waals surface area contributed by atoms with Gasteiger partial charge in [-0.1, -0.05) is 12.2 Å². The first-order chi connectivity index (χ1) is 9.15. The lowest BCUT2D eigenvalue weighted by Gasteiger charge is -2.23. The molecule has 5 heteroatoms. The Morgan fingerprint density at radius 2 is 2.11 bits per heavy atom. The largest absolute Gasteiger partial charge is 0.508 e. The number of aromatic amines is 1. The monoisotopic (exact) mass is 258 g/mol. The van der Waals surface area contributed by atoms with E-state index in [1.165, 1.54) is 0 Å². The van der Waals surface area contributed by atoms with E-state index in [4.69, 9.17) is 0 Å². The van der Waals surface area contributed by atoms with Gasteiger partial charge < -0.3 is 15.2 Å². The van der Waals surface area contributed by atoms with Gasteiger partial charge >= 0.3 is 5.97 Å². The zero-order valence-corrected chi connectivity index (χ0v) is 10.2. The second-order valence-corrected chi connectivity index (χ2v) is 4.82. The Morgan fingerprint density at radius 3 is 2.89 bits per heavy atom. The van der Waals surface area contributed by atoms with E-state index in [0.717, 1.165) is 11.0 Å². The third-order valence-corrected chi connectivity index (χ3v) is 3.58. The van der Waals surface area contributed by atoms with Crippen molar-refractivity contribution >= 4 is 17.0 Å². The number of benzene rings is 1. The molecule has 1 aromatic carbocycles. The van der Waals surface area contributed by atoms with E-state index in [9.17, 15) is 15.0 Å². The van der Waals surface area contributed by atoms with Gasteiger partial charge in [-0.05, 0) is 25.0 Å². The smallest absolute Gasteiger partial charge is 0.307 e. The zero-order valence-electron chi connectivity index (χ0n) is 10.2. The molecule has 3 rings (SSSR count). The van der Waals surface area contributed by atoms with Crippen LogP contribution in [0.4, 0.5) is 0 Å². The molecule has 5 nitrogen and oxygen atoms in total. The summed E-state index contributed by atoms with van der Waals surface area (Å²) in [7, 11) is 0. The van der Waals surface area contributed by atoms with Crippen LogP contribution in [0.3, 0.4) is 0 Å². The highest BCUT2D eigenvalue weighted by atomic mass is 16.4. The summed E-state index contributed by atoms with van der Waals surface area (Å²) in [5, 5.41) is 18.7. The molecule has 1 aliphatic carbocycles. The maximum Gasteiger partial charge on any atom is 0.307 e. The molecule has 0 saturated carbocycles. The molecule has 1 heterocycles. The molecule has 0 saturated heterocycles. The highest BCUT2D eigenvalue weighted by molar-refractivity contribution is 5.77. The predicted octanol–water partition coefficient (Wildman–Crippen LogP) is 2.40. The Hall–Kier alpha value is -2.30. The SMILES string of the molecule is O=C(O)C1CC=CCC1c1nc2ccc(O)cc2[nH]1. The van der Waals surface area contributed by atoms with Gasteiger partial charge in [0.2, 0.25) is 0 Å². The molecule has 0 fully saturated rings. The molecular formula is C14H14N2O3. The minimum absolute atomic E-state index is 0.142. The Labute approximate surface area is 109 Å². The number of rotatable bonds is 2. The molecule has 3 N–H and O–H groups in total. The Balaban J connectivity index is 2.02. The minimum atomic E-state index is -0.794. The first-order valence-corrected chi connectivity index (χ1v) is 6.21. The van der Waals surface area contributed by atoms with Crippen LogP contribution in [0.5, 0.6) is 5.75 Å². The molecule has 1 aromatic heterocycles. The number of carboxylic acids is 1. The Morgan fingerprint density at radius 1 is 1.32 bits per heavy atom. The standard InChI is InChI=1S/C14H14N2O3/c17-8-5-6-11-12(7-8)16-13(15-11)9-3-1-2-4-10(9)14(18)19/h1-2,5-7,9-10,17H,3-4H2,(H,15,16)(H,18,19). The van der Waals surface area contributed by atoms with Gasteiger partial charge in [-0.25, -0.2) is 4.98 Å². The number of fused-ring (bicyclic) bond motifs is 1. The topological polar surface area (TPSA) is 86.2 Å². The van der Waals surface area contributed by atoms with Crippen LogP contribution >= 0.6 is 0 Å². The van der Waals surface area contributed by atoms with Gasteiger partial charge in [0.15, 0.2) is 0 Å². The second kappa shape index (κ2) is 4.42. The number of aromatic nitrogens is 2. The lowest BCUT2D eigenvalue weighted by atomic mass is 9.82. The van der Waals surface area contributed by atoms with Gasteiger partial charge in [0.05, 0.1) is 17.0 Å². The lowest BCUT2D eigenvalue weighted by molar-refractivity contribution is -0.142. The maximum absolute atomic E-state index is 11.3. The first-order valence-electron chi connectivity index (χ1n) is 6.21. The van der Waals surface area contributed by atoms with Gasteiger partial charge in [0.25, 0.3) is 0 Å². The van der Waals surface area contributed by atoms with Crippen LogP contribution in [0.25, 0.3) is 11.0 Å². The van der Waals surface area contributed by atoms with Crippen molar-refractivity contribution in [2.24, 2.45) is 5.92 Å². The molecule has 98 valence electrons. The number of aliphatic carboxylic acids is 1. The molecule has 0 radical (unpaired) electrons. The number of hydrogen-bond acceptors (Lipinski definition) is 3. The molecule has 19 heavy (non-hydrogen) atoms. The summed E-state index contributed by atoms with van der Waals surface area (Å²) >= 11 is 0. The number of phenols is 1. The van der Waals surface area contributed by atoms with Gasteiger partial charge in [0, 0.05) is 12.0 Å². The van der Waals surface area contributed by atoms with Gasteiger partial charge in [-0.3, -0.25) is 4.79 Å². The molecule has 0 bridgehead atoms. The number of carbonyl (C=O) groups is 1. The number of H-pyrrole nitrogens is 1. The maximum atomic E-state index is 11.3. The van der Waals surface area contributed by atoms with Crippen LogP contribution in [-0.2, 0) is 4.79 Å². The van der Waals surface area contributed by atoms with Crippen LogP contribution in [-0.4, -0.2) is 26.2 Å². The Bertz CT molecular complexity index is 660. The zero-order chi connectivity index (χ0) is 13.4. The van der Waals surface area contributed by atoms with Crippen molar-refractivity contribution in [3.8, 4) is 5.75 Å². The highest BCUT2D eigenvalue weighted by Gasteiger charge is 2.31. The van der Waals surface area contributed by atoms with E-state index >= 15 is 0 Å². The third-order valence-electron chi connectivity index (χ3n) is 3.58. The van der Waals surface area contributed by atoms with Gasteiger partial charge in [0.1, 0.15) is 11.6 Å². The second-order valence-electron chi connectivity index (χ2n) is 4.82. The van der Waals surface area contributed by atoms with E-state index in [0.29, 0.717) is 18.7 Å². The first kappa shape index (κ1) is 11.8. The number of hydrogen-bond donors (Lipinski definition) is 3. The summed E-state index contributed by atoms with van der Waals surface area (Å²) in [5.74, 6) is -0.535. The summed E-state index contributed by atoms with van der Waals surface area (Å²) in [6.07, 6.45) is 5.10. The number of nitrogens with one attached hydrogen (secondary N) is 1. The Kier molecular flexibility index (Phi) is 2.74. The minimum Gasteiger partial charge on any atom is -0.508 e. The van der Waals surface area contributed by atoms with Crippen molar-refractivity contribution in [1.82, 2.24) is 9.97 Å². The van der Waals surface area contributed by atoms with E-state index in [1.807, 2.05) is 12.2 Å². The average molecular weight is 258 g/mol. The predicted molar refractivity (Wildman–Crippen MR) is 70.0 cm³/mol. The number of phenolic OH excluding ortho intramolecular Hbond substituents is 1. The molecule has 1 aliphatic rings. The molecular weight excluding hydrogens is 244 g/mol. The van der Waals surface area contributed by atoms with Crippen molar-refractivity contribution in [3.05, 3.63) is 36.2 Å². The van der Waals surface area contributed by atoms with Gasteiger partial charge in [-0.15, -0.1) is 0 Å². The number of nitrogens with zero attached hydrogens (tertiary/aromatic N) is 1. The van der Waals surface area contributed by atoms with Crippen LogP contribution in [0.15, 0.2) is 30.4 Å². The van der Waals surface area contributed by atoms with E-state index < -0.39 is 11.9 Å². The summed E-state index contributed by atoms with van der Waals surface area (Å²) in [6, 6.07) is 4.89. The summed E-state index contributed by atoms with van der Waals surface area (Å²) < 4.78 is 0. The molecule has 2 unspecified atom stereocenters. The summed E-state index contributed by atoms with van der Waals surface area (Å²) in [4.78, 5) is 18.9. The highest BCUT2D eigenvalue weighted by Crippen LogP contribution is 2.34. The van der Waals surface area contributed by atoms with Crippen molar-refractivity contribution < 1.29 is 15.0 Å². The number of imidazole rings is 1. The van der Waals surface area contributed by atoms with E-state index in [-0.39, 0.29) is 11.7 Å². The van der Waals surface area contributed by atoms with E-state index in [1.54, 1.807) is 18.2 Å². The fourth-order valence-electron chi connectivity index (χ4n) is 2.58. The van der Waals surface area contributed by atoms with Crippen LogP contribution < -0.4 is 0 Å². The summed E-state index contributed by atoms with van der Waals surface area (Å²) in [5.41, 5.74) is 1.47. The van der Waals surface area contributed by atoms with Crippen molar-refractivity contribution in [2.45, 2.75) is 18.8 Å². The molecule has 0 spiro atoms. The lowest BCUT2D eigenvalue weighted by Crippen LogP contribution is -2.24. The third kappa shape index (κ3) is 2.07. The molecule has 2 atom stereocenters. The summed E-state index contributed by atoms with van der Waals surface area (Å²) in [6.45, 7) is 0. The van der Waals surface area contributed by atoms with Gasteiger partial charge in [-0.2, -0.15) is 0 Å². The van der Waals surface area contributed by atoms with E-state index in [2.05, 4.69) is 9.97 Å². The van der Waals surface area contributed by atoms with Crippen LogP contribution in [0.1, 0.15) is 24.6 Å². The number of allylic oxidation sites excluding steroid dienone is 2. The molecule has 0 aliphatic heterocycles. The van der Waals surface area contributed by atoms with Crippen molar-refractivity contribution in [1.29, 1.82) is 0 Å². The normalized spacial score (nSPS) is 22.7. The molecule has 0 amide bonds. The molecule has 2 aromatic rings. The fourth-order valence-corrected chi connectivity index (χ4v) is 2.58. The van der Waals surface area contributed by atoms with Crippen LogP contribution in [0.2, 0.25) is 0 Å². The van der Waals surface area contributed by atoms with Crippen molar-refractivity contribution in [3.63, 3.8) is 0 Å². The van der Waals surface area contributed by atoms with Crippen molar-refractivity contribution in [2.75, 3.05) is 0 Å². The number of aromatic hydroxyl groups is 1. The number of carboxylic acid groups (broad SMARTS) is 1.